The number of likely N-dealkylation sites (N-methyl/N-ethyl adjacent to an activating group) is 4. The lowest BCUT2D eigenvalue weighted by molar-refractivity contribution is -0.154. The van der Waals surface area contributed by atoms with E-state index in [1.165, 1.54) is 54.8 Å². The summed E-state index contributed by atoms with van der Waals surface area (Å²) in [4.78, 5) is 158. The van der Waals surface area contributed by atoms with Gasteiger partial charge in [0.15, 0.2) is 17.3 Å². The van der Waals surface area contributed by atoms with Gasteiger partial charge >= 0.3 is 12.1 Å². The molecule has 0 spiro atoms. The second-order valence-electron chi connectivity index (χ2n) is 25.1. The Hall–Kier alpha value is -7.11. The zero-order chi connectivity index (χ0) is 65.0. The van der Waals surface area contributed by atoms with Crippen molar-refractivity contribution in [1.82, 2.24) is 51.1 Å². The number of carboxylic acid groups (broad SMARTS) is 1. The van der Waals surface area contributed by atoms with Crippen LogP contribution in [-0.2, 0) is 65.7 Å². The topological polar surface area (TPSA) is 294 Å². The predicted molar refractivity (Wildman–Crippen MR) is 331 cm³/mol. The number of Topliss-reactive ketones (excluding diaryl/α,β-unsaturated/α-hetero) is 3. The average Bonchev–Trinajstić information content (AvgIpc) is 4.35. The summed E-state index contributed by atoms with van der Waals surface area (Å²) in [5, 5.41) is 24.5. The minimum absolute atomic E-state index is 0.0285. The summed E-state index contributed by atoms with van der Waals surface area (Å²) in [5.41, 5.74) is 1.53. The van der Waals surface area contributed by atoms with E-state index in [-0.39, 0.29) is 81.2 Å². The summed E-state index contributed by atoms with van der Waals surface area (Å²) in [6, 6.07) is 9.99. The van der Waals surface area contributed by atoms with Crippen LogP contribution >= 0.6 is 0 Å². The van der Waals surface area contributed by atoms with Crippen molar-refractivity contribution in [2.45, 2.75) is 186 Å². The van der Waals surface area contributed by atoms with Gasteiger partial charge in [0.05, 0.1) is 43.7 Å². The molecule has 2 aromatic rings. The molecule has 2 aliphatic carbocycles. The third-order valence-electron chi connectivity index (χ3n) is 17.9. The molecule has 88 heavy (non-hydrogen) atoms. The van der Waals surface area contributed by atoms with Gasteiger partial charge in [0.25, 0.3) is 0 Å². The van der Waals surface area contributed by atoms with Crippen molar-refractivity contribution in [3.63, 3.8) is 0 Å². The van der Waals surface area contributed by atoms with E-state index in [9.17, 15) is 57.8 Å². The number of hydrogen-bond acceptors (Lipinski definition) is 15. The van der Waals surface area contributed by atoms with E-state index in [1.807, 2.05) is 82.3 Å². The van der Waals surface area contributed by atoms with E-state index in [0.29, 0.717) is 25.7 Å². The number of ketones is 3. The fraction of sp³-hybridized carbons (Fsp3) is 0.646. The molecule has 2 aromatic carbocycles. The average molecular weight is 1230 g/mol. The van der Waals surface area contributed by atoms with Gasteiger partial charge in [-0.3, -0.25) is 53.3 Å². The molecular weight excluding hydrogens is 1130 g/mol. The molecule has 0 unspecified atom stereocenters. The first-order valence-corrected chi connectivity index (χ1v) is 31.3. The molecule has 1 heterocycles. The van der Waals surface area contributed by atoms with E-state index in [2.05, 4.69) is 26.6 Å². The maximum absolute atomic E-state index is 14.6. The zero-order valence-electron chi connectivity index (χ0n) is 53.7. The van der Waals surface area contributed by atoms with Crippen molar-refractivity contribution < 1.29 is 62.6 Å². The molecule has 1 saturated heterocycles. The lowest BCUT2D eigenvalue weighted by atomic mass is 9.90. The molecule has 0 radical (unpaired) electrons. The first-order valence-electron chi connectivity index (χ1n) is 31.3. The summed E-state index contributed by atoms with van der Waals surface area (Å²) >= 11 is 0. The number of amides is 7. The van der Waals surface area contributed by atoms with Crippen molar-refractivity contribution in [2.24, 2.45) is 17.8 Å². The smallest absolute Gasteiger partial charge is 0.408 e. The van der Waals surface area contributed by atoms with Crippen LogP contribution in [0.1, 0.15) is 135 Å². The largest absolute Gasteiger partial charge is 0.480 e. The Morgan fingerprint density at radius 2 is 1.39 bits per heavy atom. The van der Waals surface area contributed by atoms with Gasteiger partial charge in [-0.2, -0.15) is 0 Å². The highest BCUT2D eigenvalue weighted by Gasteiger charge is 2.45. The van der Waals surface area contributed by atoms with Crippen LogP contribution in [0.3, 0.4) is 0 Å². The monoisotopic (exact) mass is 1230 g/mol. The number of nitrogens with one attached hydrogen (secondary N) is 5. The van der Waals surface area contributed by atoms with Gasteiger partial charge < -0.3 is 55.6 Å². The third kappa shape index (κ3) is 20.2. The van der Waals surface area contributed by atoms with Crippen molar-refractivity contribution in [3.8, 4) is 0 Å². The number of ether oxygens (including phenoxy) is 1. The molecule has 6 N–H and O–H groups in total. The van der Waals surface area contributed by atoms with Gasteiger partial charge in [0.2, 0.25) is 35.4 Å². The fourth-order valence-corrected chi connectivity index (χ4v) is 11.9. The highest BCUT2D eigenvalue weighted by Crippen LogP contribution is 2.32. The van der Waals surface area contributed by atoms with Crippen LogP contribution in [0.5, 0.6) is 0 Å². The summed E-state index contributed by atoms with van der Waals surface area (Å²) in [7, 11) is 7.39. The number of likely N-dealkylation sites (tertiary alicyclic amines) is 1. The Labute approximate surface area is 519 Å². The van der Waals surface area contributed by atoms with Crippen molar-refractivity contribution in [1.29, 1.82) is 0 Å². The molecule has 7 amide bonds. The summed E-state index contributed by atoms with van der Waals surface area (Å²) in [6.45, 7) is 10.3. The Balaban J connectivity index is 1.20. The van der Waals surface area contributed by atoms with E-state index in [0.717, 1.165) is 60.1 Å². The number of aryl methyl sites for hydroxylation is 1. The Kier molecular flexibility index (Phi) is 27.7. The molecule has 23 heteroatoms. The molecule has 486 valence electrons. The van der Waals surface area contributed by atoms with E-state index >= 15 is 0 Å². The van der Waals surface area contributed by atoms with Crippen LogP contribution in [0.4, 0.5) is 4.79 Å². The third-order valence-corrected chi connectivity index (χ3v) is 17.9. The van der Waals surface area contributed by atoms with Crippen LogP contribution < -0.4 is 26.6 Å². The first kappa shape index (κ1) is 71.6. The number of alkyl carbamates (subject to hydrolysis) is 1. The molecule has 3 fully saturated rings. The van der Waals surface area contributed by atoms with Gasteiger partial charge in [-0.05, 0) is 87.7 Å². The summed E-state index contributed by atoms with van der Waals surface area (Å²) < 4.78 is 5.48. The standard InChI is InChI=1S/C65H98N10O13/c1-12-43(5)57(63(86)73(10)44(6)60(83)75-33-29-50(75)52(76)28-32-66-48(62(85)72(9)39-56(80)81)35-45-26-24-42(4)25-27-45)69-59(82)51(34-41(2)3)74(11)55(79)36-49(61(84)71(7)8)67-37-53(77)58(47-22-16-17-23-47)68-38-54(78)65(30-18-19-31-65)70-64(87)88-40-46-20-14-13-15-21-46/h13-15,20-21,24-27,41,43-44,47-51,57-58,66-68H,12,16-19,22-23,28-40H2,1-11H3,(H,69,82)(H,70,87)(H,80,81)/t43-,44-,48-,49-,50-,51-,57-,58-/m0/s1. The van der Waals surface area contributed by atoms with Crippen molar-refractivity contribution >= 4 is 64.9 Å². The SMILES string of the molecule is CC[C@H](C)[C@H](NC(=O)[C@H](CC(C)C)N(C)C(=O)C[C@H](NCC(=O)[C@@H](NCC(=O)C1(NC(=O)OCc2ccccc2)CCCC1)C1CCCC1)C(=O)N(C)C)C(=O)N(C)[C@@H](C)C(=O)N1CC[C@H]1C(=O)CCN[C@@H](Cc1ccc(C)cc1)C(=O)N(C)CC(=O)O. The number of carboxylic acids is 1. The van der Waals surface area contributed by atoms with Crippen LogP contribution in [-0.4, -0.2) is 210 Å². The van der Waals surface area contributed by atoms with Gasteiger partial charge in [0, 0.05) is 54.7 Å². The molecular formula is C65H98N10O13. The molecule has 3 aliphatic rings. The van der Waals surface area contributed by atoms with Crippen LogP contribution in [0.25, 0.3) is 0 Å². The molecule has 1 aliphatic heterocycles. The Bertz CT molecular complexity index is 2730. The maximum Gasteiger partial charge on any atom is 0.408 e. The second-order valence-corrected chi connectivity index (χ2v) is 25.1. The number of carbonyl (C=O) groups excluding carboxylic acids is 10. The molecule has 0 bridgehead atoms. The summed E-state index contributed by atoms with van der Waals surface area (Å²) in [6.07, 6.45) is 5.76. The quantitative estimate of drug-likeness (QED) is 0.0572. The van der Waals surface area contributed by atoms with E-state index < -0.39 is 114 Å². The number of benzene rings is 2. The Morgan fingerprint density at radius 3 is 1.97 bits per heavy atom. The first-order chi connectivity index (χ1) is 41.7. The second kappa shape index (κ2) is 34.0. The maximum atomic E-state index is 14.6. The van der Waals surface area contributed by atoms with Crippen molar-refractivity contribution in [3.05, 3.63) is 71.3 Å². The number of hydrogen-bond donors (Lipinski definition) is 6. The highest BCUT2D eigenvalue weighted by molar-refractivity contribution is 5.98. The highest BCUT2D eigenvalue weighted by atomic mass is 16.5. The zero-order valence-corrected chi connectivity index (χ0v) is 53.7. The molecule has 8 atom stereocenters. The number of carbonyl (C=O) groups is 11. The predicted octanol–water partition coefficient (Wildman–Crippen LogP) is 3.81. The summed E-state index contributed by atoms with van der Waals surface area (Å²) in [5.74, 6) is -5.75. The van der Waals surface area contributed by atoms with Gasteiger partial charge in [0.1, 0.15) is 36.8 Å². The minimum Gasteiger partial charge on any atom is -0.480 e. The lowest BCUT2D eigenvalue weighted by Crippen LogP contribution is -2.62. The van der Waals surface area contributed by atoms with Gasteiger partial charge in [-0.25, -0.2) is 4.79 Å². The van der Waals surface area contributed by atoms with Crippen LogP contribution in [0.15, 0.2) is 54.6 Å². The van der Waals surface area contributed by atoms with Crippen molar-refractivity contribution in [2.75, 3.05) is 68.0 Å². The van der Waals surface area contributed by atoms with Crippen LogP contribution in [0, 0.1) is 24.7 Å². The molecule has 5 rings (SSSR count). The van der Waals surface area contributed by atoms with E-state index in [4.69, 9.17) is 4.74 Å². The molecule has 2 saturated carbocycles. The van der Waals surface area contributed by atoms with Crippen LogP contribution in [0.2, 0.25) is 0 Å². The molecule has 23 nitrogen and oxygen atoms in total. The number of nitrogens with zero attached hydrogens (tertiary/aromatic N) is 5. The van der Waals surface area contributed by atoms with E-state index in [1.54, 1.807) is 13.8 Å². The van der Waals surface area contributed by atoms with Gasteiger partial charge in [-0.1, -0.05) is 120 Å². The Morgan fingerprint density at radius 1 is 0.739 bits per heavy atom. The molecule has 0 aromatic heterocycles. The minimum atomic E-state index is -1.19. The normalized spacial score (nSPS) is 17.9. The number of rotatable bonds is 35. The lowest BCUT2D eigenvalue weighted by Gasteiger charge is -2.43. The fourth-order valence-electron chi connectivity index (χ4n) is 11.9. The number of aliphatic carboxylic acids is 1. The van der Waals surface area contributed by atoms with Gasteiger partial charge in [-0.15, -0.1) is 0 Å².